The Morgan fingerprint density at radius 3 is 2.88 bits per heavy atom. The number of thiazole rings is 1. The lowest BCUT2D eigenvalue weighted by Gasteiger charge is -2.53. The maximum atomic E-state index is 13.1. The second-order valence-corrected chi connectivity index (χ2v) is 12.1. The first-order valence-electron chi connectivity index (χ1n) is 13.0. The molecule has 5 rings (SSSR count). The van der Waals surface area contributed by atoms with Gasteiger partial charge in [-0.2, -0.15) is 0 Å². The first kappa shape index (κ1) is 23.7. The standard InChI is InChI=1S/C27H38N4O2S/c1-17(25(33)31-14-6-7-15-31)20-9-11-27(3)16-21-23(18(2)22(27)24(20)32)30-26(34-21)29-13-10-19-8-4-5-12-28-19/h4-5,8,12,17-18,20,22,24,32H,6-7,9-11,13-16H2,1-3H3,(H,29,30)/t17-,18+,20-,22+,24-,27+/m0/s1. The largest absolute Gasteiger partial charge is 0.392 e. The average molecular weight is 483 g/mol. The van der Waals surface area contributed by atoms with Crippen LogP contribution < -0.4 is 5.32 Å². The molecule has 0 radical (unpaired) electrons. The molecule has 7 heteroatoms. The van der Waals surface area contributed by atoms with Gasteiger partial charge in [0.25, 0.3) is 0 Å². The summed E-state index contributed by atoms with van der Waals surface area (Å²) in [4.78, 5) is 25.9. The molecule has 2 fully saturated rings. The van der Waals surface area contributed by atoms with Crippen molar-refractivity contribution < 1.29 is 9.90 Å². The maximum absolute atomic E-state index is 13.1. The van der Waals surface area contributed by atoms with Gasteiger partial charge >= 0.3 is 0 Å². The van der Waals surface area contributed by atoms with Crippen LogP contribution in [0, 0.1) is 23.2 Å². The van der Waals surface area contributed by atoms with Gasteiger partial charge in [0.1, 0.15) is 0 Å². The highest BCUT2D eigenvalue weighted by Gasteiger charge is 2.54. The first-order chi connectivity index (χ1) is 16.4. The molecule has 6 atom stereocenters. The number of nitrogens with zero attached hydrogens (tertiary/aromatic N) is 3. The highest BCUT2D eigenvalue weighted by Crippen LogP contribution is 2.57. The maximum Gasteiger partial charge on any atom is 0.225 e. The zero-order valence-electron chi connectivity index (χ0n) is 20.7. The van der Waals surface area contributed by atoms with E-state index in [0.717, 1.165) is 74.7 Å². The number of nitrogens with one attached hydrogen (secondary N) is 1. The van der Waals surface area contributed by atoms with Crippen molar-refractivity contribution in [1.29, 1.82) is 0 Å². The Morgan fingerprint density at radius 1 is 1.35 bits per heavy atom. The minimum atomic E-state index is -0.467. The Balaban J connectivity index is 1.29. The summed E-state index contributed by atoms with van der Waals surface area (Å²) >= 11 is 1.77. The molecule has 0 aromatic carbocycles. The van der Waals surface area contributed by atoms with E-state index in [2.05, 4.69) is 30.2 Å². The summed E-state index contributed by atoms with van der Waals surface area (Å²) in [7, 11) is 0. The van der Waals surface area contributed by atoms with Crippen LogP contribution in [0.3, 0.4) is 0 Å². The molecule has 1 saturated carbocycles. The summed E-state index contributed by atoms with van der Waals surface area (Å²) in [6.07, 6.45) is 7.39. The van der Waals surface area contributed by atoms with Crippen molar-refractivity contribution >= 4 is 22.4 Å². The van der Waals surface area contributed by atoms with Crippen molar-refractivity contribution in [2.24, 2.45) is 23.2 Å². The number of aliphatic hydroxyl groups is 1. The molecular weight excluding hydrogens is 444 g/mol. The van der Waals surface area contributed by atoms with E-state index in [4.69, 9.17) is 4.98 Å². The monoisotopic (exact) mass is 482 g/mol. The van der Waals surface area contributed by atoms with Gasteiger partial charge < -0.3 is 15.3 Å². The van der Waals surface area contributed by atoms with Crippen LogP contribution in [-0.4, -0.2) is 51.6 Å². The van der Waals surface area contributed by atoms with Crippen molar-refractivity contribution in [3.05, 3.63) is 40.7 Å². The van der Waals surface area contributed by atoms with Crippen LogP contribution in [-0.2, 0) is 17.6 Å². The Morgan fingerprint density at radius 2 is 2.15 bits per heavy atom. The molecule has 34 heavy (non-hydrogen) atoms. The molecule has 2 aromatic rings. The van der Waals surface area contributed by atoms with Gasteiger partial charge in [-0.15, -0.1) is 11.3 Å². The van der Waals surface area contributed by atoms with Crippen LogP contribution in [0.4, 0.5) is 5.13 Å². The SMILES string of the molecule is C[C@H](C(=O)N1CCCC1)[C@@H]1CC[C@]2(C)Cc3sc(NCCc4ccccn4)nc3[C@H](C)[C@@H]2[C@H]1O. The highest BCUT2D eigenvalue weighted by molar-refractivity contribution is 7.15. The van der Waals surface area contributed by atoms with E-state index in [1.54, 1.807) is 11.3 Å². The number of aromatic nitrogens is 2. The molecule has 3 aliphatic rings. The molecule has 0 unspecified atom stereocenters. The molecule has 3 heterocycles. The predicted octanol–water partition coefficient (Wildman–Crippen LogP) is 4.50. The summed E-state index contributed by atoms with van der Waals surface area (Å²) < 4.78 is 0. The third kappa shape index (κ3) is 4.37. The number of rotatable bonds is 6. The fraction of sp³-hybridized carbons (Fsp3) is 0.667. The van der Waals surface area contributed by atoms with Crippen LogP contribution in [0.2, 0.25) is 0 Å². The van der Waals surface area contributed by atoms with Crippen LogP contribution >= 0.6 is 11.3 Å². The van der Waals surface area contributed by atoms with Gasteiger partial charge in [0, 0.05) is 54.7 Å². The second kappa shape index (κ2) is 9.57. The van der Waals surface area contributed by atoms with Crippen molar-refractivity contribution in [2.45, 2.75) is 71.3 Å². The number of aliphatic hydroxyl groups excluding tert-OH is 1. The Labute approximate surface area is 207 Å². The van der Waals surface area contributed by atoms with Crippen molar-refractivity contribution in [2.75, 3.05) is 25.0 Å². The van der Waals surface area contributed by atoms with E-state index >= 15 is 0 Å². The molecule has 2 N–H and O–H groups in total. The Bertz CT molecular complexity index is 1010. The molecule has 2 aromatic heterocycles. The first-order valence-corrected chi connectivity index (χ1v) is 13.8. The van der Waals surface area contributed by atoms with Crippen LogP contribution in [0.25, 0.3) is 0 Å². The second-order valence-electron chi connectivity index (χ2n) is 11.0. The van der Waals surface area contributed by atoms with Gasteiger partial charge in [0.05, 0.1) is 11.8 Å². The van der Waals surface area contributed by atoms with E-state index in [-0.39, 0.29) is 35.0 Å². The lowest BCUT2D eigenvalue weighted by Crippen LogP contribution is -2.53. The summed E-state index contributed by atoms with van der Waals surface area (Å²) in [6, 6.07) is 6.01. The molecule has 6 nitrogen and oxygen atoms in total. The lowest BCUT2D eigenvalue weighted by molar-refractivity contribution is -0.143. The zero-order chi connectivity index (χ0) is 23.9. The summed E-state index contributed by atoms with van der Waals surface area (Å²) in [6.45, 7) is 9.18. The van der Waals surface area contributed by atoms with E-state index in [1.165, 1.54) is 4.88 Å². The number of anilines is 1. The van der Waals surface area contributed by atoms with Crippen LogP contribution in [0.1, 0.15) is 68.6 Å². The number of hydrogen-bond donors (Lipinski definition) is 2. The molecule has 2 aliphatic carbocycles. The van der Waals surface area contributed by atoms with Crippen molar-refractivity contribution in [1.82, 2.24) is 14.9 Å². The normalized spacial score (nSPS) is 31.6. The molecule has 0 bridgehead atoms. The quantitative estimate of drug-likeness (QED) is 0.634. The summed E-state index contributed by atoms with van der Waals surface area (Å²) in [5.74, 6) is 0.469. The molecule has 184 valence electrons. The number of amides is 1. The van der Waals surface area contributed by atoms with Gasteiger partial charge in [-0.1, -0.05) is 26.8 Å². The highest BCUT2D eigenvalue weighted by atomic mass is 32.1. The van der Waals surface area contributed by atoms with Gasteiger partial charge in [0.2, 0.25) is 5.91 Å². The third-order valence-corrected chi connectivity index (χ3v) is 9.78. The minimum absolute atomic E-state index is 0.0322. The van der Waals surface area contributed by atoms with Crippen LogP contribution in [0.5, 0.6) is 0 Å². The minimum Gasteiger partial charge on any atom is -0.392 e. The molecular formula is C27H38N4O2S. The lowest BCUT2D eigenvalue weighted by atomic mass is 9.53. The number of pyridine rings is 1. The predicted molar refractivity (Wildman–Crippen MR) is 136 cm³/mol. The van der Waals surface area contributed by atoms with Crippen molar-refractivity contribution in [3.63, 3.8) is 0 Å². The van der Waals surface area contributed by atoms with Gasteiger partial charge in [-0.05, 0) is 61.5 Å². The zero-order valence-corrected chi connectivity index (χ0v) is 21.5. The molecule has 1 amide bonds. The third-order valence-electron chi connectivity index (χ3n) is 8.76. The molecule has 1 aliphatic heterocycles. The number of fused-ring (bicyclic) bond motifs is 2. The Hall–Kier alpha value is -1.99. The molecule has 0 spiro atoms. The van der Waals surface area contributed by atoms with Gasteiger partial charge in [-0.25, -0.2) is 4.98 Å². The summed E-state index contributed by atoms with van der Waals surface area (Å²) in [5, 5.41) is 16.1. The number of likely N-dealkylation sites (tertiary alicyclic amines) is 1. The van der Waals surface area contributed by atoms with E-state index in [0.29, 0.717) is 0 Å². The fourth-order valence-corrected chi connectivity index (χ4v) is 8.16. The fourth-order valence-electron chi connectivity index (χ4n) is 6.87. The van der Waals surface area contributed by atoms with Gasteiger partial charge in [-0.3, -0.25) is 9.78 Å². The number of carbonyl (C=O) groups is 1. The van der Waals surface area contributed by atoms with E-state index in [9.17, 15) is 9.90 Å². The smallest absolute Gasteiger partial charge is 0.225 e. The number of hydrogen-bond acceptors (Lipinski definition) is 6. The van der Waals surface area contributed by atoms with E-state index < -0.39 is 6.10 Å². The van der Waals surface area contributed by atoms with E-state index in [1.807, 2.05) is 30.2 Å². The topological polar surface area (TPSA) is 78.4 Å². The molecule has 1 saturated heterocycles. The average Bonchev–Trinajstić information content (AvgIpc) is 3.49. The van der Waals surface area contributed by atoms with Crippen LogP contribution in [0.15, 0.2) is 24.4 Å². The Kier molecular flexibility index (Phi) is 6.68. The number of carbonyl (C=O) groups excluding carboxylic acids is 1. The summed E-state index contributed by atoms with van der Waals surface area (Å²) in [5.41, 5.74) is 2.28. The van der Waals surface area contributed by atoms with Crippen molar-refractivity contribution in [3.8, 4) is 0 Å². The van der Waals surface area contributed by atoms with Gasteiger partial charge in [0.15, 0.2) is 5.13 Å².